The molecule has 0 spiro atoms. The van der Waals surface area contributed by atoms with Crippen LogP contribution in [0.15, 0.2) is 30.3 Å². The Balaban J connectivity index is 2.08. The number of anilines is 1. The second-order valence-electron chi connectivity index (χ2n) is 3.55. The Hall–Kier alpha value is -2.04. The maximum Gasteiger partial charge on any atom is 0.506 e. The van der Waals surface area contributed by atoms with E-state index in [-0.39, 0.29) is 18.9 Å². The minimum absolute atomic E-state index is 0.112. The fraction of sp³-hybridized carbons (Fsp3) is 0.273. The minimum Gasteiger partial charge on any atom is -0.450 e. The first-order valence-corrected chi connectivity index (χ1v) is 4.92. The molecule has 1 saturated heterocycles. The van der Waals surface area contributed by atoms with Crippen LogP contribution >= 0.6 is 0 Å². The van der Waals surface area contributed by atoms with E-state index in [2.05, 4.69) is 4.74 Å². The molecule has 0 bridgehead atoms. The smallest absolute Gasteiger partial charge is 0.450 e. The molecule has 0 radical (unpaired) electrons. The van der Waals surface area contributed by atoms with Crippen molar-refractivity contribution in [3.63, 3.8) is 0 Å². The second kappa shape index (κ2) is 4.22. The molecule has 1 N–H and O–H groups in total. The van der Waals surface area contributed by atoms with E-state index in [1.54, 1.807) is 12.1 Å². The quantitative estimate of drug-likeness (QED) is 0.768. The number of hydrogen-bond acceptors (Lipinski definition) is 3. The van der Waals surface area contributed by atoms with Crippen molar-refractivity contribution < 1.29 is 19.4 Å². The van der Waals surface area contributed by atoms with E-state index in [0.29, 0.717) is 0 Å². The zero-order valence-electron chi connectivity index (χ0n) is 8.50. The normalized spacial score (nSPS) is 19.9. The van der Waals surface area contributed by atoms with Gasteiger partial charge in [-0.25, -0.2) is 4.79 Å². The fourth-order valence-electron chi connectivity index (χ4n) is 1.75. The van der Waals surface area contributed by atoms with Gasteiger partial charge < -0.3 is 14.7 Å². The van der Waals surface area contributed by atoms with Gasteiger partial charge in [0, 0.05) is 5.69 Å². The lowest BCUT2D eigenvalue weighted by Gasteiger charge is -2.15. The van der Waals surface area contributed by atoms with Gasteiger partial charge in [-0.2, -0.15) is 0 Å². The summed E-state index contributed by atoms with van der Waals surface area (Å²) in [5, 5.41) is 8.46. The molecule has 0 aromatic heterocycles. The largest absolute Gasteiger partial charge is 0.506 e. The summed E-state index contributed by atoms with van der Waals surface area (Å²) in [6.45, 7) is 0.287. The number of amides is 1. The maximum absolute atomic E-state index is 11.6. The van der Waals surface area contributed by atoms with Crippen LogP contribution in [0.25, 0.3) is 0 Å². The molecule has 1 aliphatic rings. The number of carbonyl (C=O) groups is 2. The lowest BCUT2D eigenvalue weighted by molar-refractivity contribution is -0.117. The minimum atomic E-state index is -1.34. The maximum atomic E-state index is 11.6. The molecule has 5 nitrogen and oxygen atoms in total. The first-order valence-electron chi connectivity index (χ1n) is 4.92. The third-order valence-corrected chi connectivity index (χ3v) is 2.42. The highest BCUT2D eigenvalue weighted by Crippen LogP contribution is 2.22. The Kier molecular flexibility index (Phi) is 2.76. The topological polar surface area (TPSA) is 66.8 Å². The van der Waals surface area contributed by atoms with Gasteiger partial charge in [0.2, 0.25) is 5.91 Å². The van der Waals surface area contributed by atoms with Crippen LogP contribution in [0, 0.1) is 0 Å². The van der Waals surface area contributed by atoms with E-state index in [1.807, 2.05) is 18.2 Å². The van der Waals surface area contributed by atoms with Crippen molar-refractivity contribution in [2.75, 3.05) is 11.4 Å². The Morgan fingerprint density at radius 3 is 2.69 bits per heavy atom. The zero-order chi connectivity index (χ0) is 11.5. The number of para-hydroxylation sites is 1. The highest BCUT2D eigenvalue weighted by Gasteiger charge is 2.32. The summed E-state index contributed by atoms with van der Waals surface area (Å²) < 4.78 is 4.59. The second-order valence-corrected chi connectivity index (χ2v) is 3.55. The number of carboxylic acid groups (broad SMARTS) is 1. The number of nitrogens with zero attached hydrogens (tertiary/aromatic N) is 1. The number of benzene rings is 1. The van der Waals surface area contributed by atoms with Gasteiger partial charge in [-0.15, -0.1) is 0 Å². The molecule has 16 heavy (non-hydrogen) atoms. The third kappa shape index (κ3) is 2.13. The molecule has 1 amide bonds. The van der Waals surface area contributed by atoms with Crippen molar-refractivity contribution in [1.29, 1.82) is 0 Å². The molecule has 2 rings (SSSR count). The Morgan fingerprint density at radius 1 is 1.38 bits per heavy atom. The van der Waals surface area contributed by atoms with Gasteiger partial charge in [-0.1, -0.05) is 18.2 Å². The molecule has 1 heterocycles. The van der Waals surface area contributed by atoms with Crippen LogP contribution in [-0.4, -0.2) is 29.8 Å². The molecule has 1 aromatic rings. The van der Waals surface area contributed by atoms with Crippen LogP contribution in [-0.2, 0) is 9.53 Å². The predicted octanol–water partition coefficient (Wildman–Crippen LogP) is 1.49. The van der Waals surface area contributed by atoms with Crippen molar-refractivity contribution in [2.45, 2.75) is 12.5 Å². The van der Waals surface area contributed by atoms with E-state index >= 15 is 0 Å². The average molecular weight is 221 g/mol. The fourth-order valence-corrected chi connectivity index (χ4v) is 1.75. The first-order chi connectivity index (χ1) is 7.66. The predicted molar refractivity (Wildman–Crippen MR) is 56.3 cm³/mol. The molecule has 1 unspecified atom stereocenters. The summed E-state index contributed by atoms with van der Waals surface area (Å²) in [6.07, 6.45) is -1.79. The van der Waals surface area contributed by atoms with E-state index in [9.17, 15) is 9.59 Å². The lowest BCUT2D eigenvalue weighted by atomic mass is 10.3. The van der Waals surface area contributed by atoms with Gasteiger partial charge in [0.1, 0.15) is 6.10 Å². The number of rotatable bonds is 2. The molecule has 1 atom stereocenters. The average Bonchev–Trinajstić information content (AvgIpc) is 2.60. The van der Waals surface area contributed by atoms with Crippen LogP contribution in [0.4, 0.5) is 10.5 Å². The van der Waals surface area contributed by atoms with Crippen LogP contribution in [0.3, 0.4) is 0 Å². The van der Waals surface area contributed by atoms with Crippen LogP contribution < -0.4 is 4.90 Å². The van der Waals surface area contributed by atoms with Crippen molar-refractivity contribution in [3.8, 4) is 0 Å². The summed E-state index contributed by atoms with van der Waals surface area (Å²) in [5.41, 5.74) is 0.768. The standard InChI is InChI=1S/C11H11NO4/c13-10-6-9(16-11(14)15)7-12(10)8-4-2-1-3-5-8/h1-5,9H,6-7H2,(H,14,15). The van der Waals surface area contributed by atoms with Crippen LogP contribution in [0.2, 0.25) is 0 Å². The number of ether oxygens (including phenoxy) is 1. The molecule has 5 heteroatoms. The highest BCUT2D eigenvalue weighted by atomic mass is 16.7. The molecule has 1 aromatic carbocycles. The van der Waals surface area contributed by atoms with Crippen molar-refractivity contribution in [3.05, 3.63) is 30.3 Å². The molecule has 0 saturated carbocycles. The molecule has 1 aliphatic heterocycles. The Bertz CT molecular complexity index is 404. The summed E-state index contributed by atoms with van der Waals surface area (Å²) in [4.78, 5) is 23.5. The molecule has 84 valence electrons. The van der Waals surface area contributed by atoms with Gasteiger partial charge in [0.25, 0.3) is 0 Å². The SMILES string of the molecule is O=C(O)OC1CC(=O)N(c2ccccc2)C1. The number of carbonyl (C=O) groups excluding carboxylic acids is 1. The van der Waals surface area contributed by atoms with Gasteiger partial charge >= 0.3 is 6.16 Å². The first kappa shape index (κ1) is 10.5. The summed E-state index contributed by atoms with van der Waals surface area (Å²) in [7, 11) is 0. The summed E-state index contributed by atoms with van der Waals surface area (Å²) in [5.74, 6) is -0.113. The van der Waals surface area contributed by atoms with Crippen molar-refractivity contribution >= 4 is 17.7 Å². The molecular formula is C11H11NO4. The molecule has 1 fully saturated rings. The van der Waals surface area contributed by atoms with Gasteiger partial charge in [0.05, 0.1) is 13.0 Å². The molecular weight excluding hydrogens is 210 g/mol. The zero-order valence-corrected chi connectivity index (χ0v) is 8.50. The summed E-state index contributed by atoms with van der Waals surface area (Å²) in [6, 6.07) is 9.12. The van der Waals surface area contributed by atoms with E-state index in [4.69, 9.17) is 5.11 Å². The van der Waals surface area contributed by atoms with Crippen molar-refractivity contribution in [1.82, 2.24) is 0 Å². The van der Waals surface area contributed by atoms with Gasteiger partial charge in [-0.05, 0) is 12.1 Å². The van der Waals surface area contributed by atoms with Gasteiger partial charge in [0.15, 0.2) is 0 Å². The molecule has 0 aliphatic carbocycles. The van der Waals surface area contributed by atoms with E-state index in [1.165, 1.54) is 4.90 Å². The van der Waals surface area contributed by atoms with E-state index in [0.717, 1.165) is 5.69 Å². The highest BCUT2D eigenvalue weighted by molar-refractivity contribution is 5.96. The monoisotopic (exact) mass is 221 g/mol. The summed E-state index contributed by atoms with van der Waals surface area (Å²) >= 11 is 0. The number of hydrogen-bond donors (Lipinski definition) is 1. The van der Waals surface area contributed by atoms with Crippen LogP contribution in [0.5, 0.6) is 0 Å². The Labute approximate surface area is 92.2 Å². The van der Waals surface area contributed by atoms with Crippen molar-refractivity contribution in [2.24, 2.45) is 0 Å². The van der Waals surface area contributed by atoms with E-state index < -0.39 is 12.3 Å². The Morgan fingerprint density at radius 2 is 2.06 bits per heavy atom. The third-order valence-electron chi connectivity index (χ3n) is 2.42. The lowest BCUT2D eigenvalue weighted by Crippen LogP contribution is -2.26. The van der Waals surface area contributed by atoms with Crippen LogP contribution in [0.1, 0.15) is 6.42 Å². The van der Waals surface area contributed by atoms with Gasteiger partial charge in [-0.3, -0.25) is 4.79 Å².